The van der Waals surface area contributed by atoms with Gasteiger partial charge in [-0.25, -0.2) is 8.78 Å². The van der Waals surface area contributed by atoms with Gasteiger partial charge in [0.2, 0.25) is 5.91 Å². The minimum atomic E-state index is -1.48. The van der Waals surface area contributed by atoms with Crippen LogP contribution in [0.5, 0.6) is 0 Å². The Hall–Kier alpha value is -3.96. The Morgan fingerprint density at radius 3 is 2.00 bits per heavy atom. The van der Waals surface area contributed by atoms with E-state index < -0.39 is 56.3 Å². The van der Waals surface area contributed by atoms with Crippen molar-refractivity contribution >= 4 is 23.2 Å². The molecule has 2 amide bonds. The van der Waals surface area contributed by atoms with Gasteiger partial charge in [-0.05, 0) is 24.6 Å². The molecule has 152 valence electrons. The zero-order valence-corrected chi connectivity index (χ0v) is 15.1. The molecule has 0 saturated heterocycles. The largest absolute Gasteiger partial charge is 0.357 e. The molecule has 0 aliphatic rings. The fourth-order valence-corrected chi connectivity index (χ4v) is 2.55. The van der Waals surface area contributed by atoms with E-state index in [9.17, 15) is 38.6 Å². The van der Waals surface area contributed by atoms with Crippen LogP contribution in [-0.2, 0) is 4.79 Å². The SMILES string of the molecule is CNC(=O)C(NC(=O)c1cc([N+](=O)[O-])c(C)c([N+](=O)[O-])c1)c1ccc(F)c(F)c1. The summed E-state index contributed by atoms with van der Waals surface area (Å²) in [5.74, 6) is -4.28. The second-order valence-electron chi connectivity index (χ2n) is 5.85. The minimum absolute atomic E-state index is 0.104. The maximum absolute atomic E-state index is 13.5. The van der Waals surface area contributed by atoms with Gasteiger partial charge in [-0.1, -0.05) is 6.07 Å². The zero-order chi connectivity index (χ0) is 21.9. The maximum atomic E-state index is 13.5. The second-order valence-corrected chi connectivity index (χ2v) is 5.85. The molecule has 0 aromatic heterocycles. The van der Waals surface area contributed by atoms with E-state index in [-0.39, 0.29) is 11.1 Å². The number of nitro groups is 2. The number of rotatable bonds is 6. The number of nitro benzene ring substituents is 2. The van der Waals surface area contributed by atoms with Crippen molar-refractivity contribution in [1.29, 1.82) is 0 Å². The Kier molecular flexibility index (Phi) is 6.16. The average molecular weight is 408 g/mol. The third-order valence-corrected chi connectivity index (χ3v) is 4.07. The normalized spacial score (nSPS) is 11.4. The summed E-state index contributed by atoms with van der Waals surface area (Å²) in [6.45, 7) is 1.16. The van der Waals surface area contributed by atoms with Crippen molar-refractivity contribution in [3.8, 4) is 0 Å². The number of nitrogens with zero attached hydrogens (tertiary/aromatic N) is 2. The molecular weight excluding hydrogens is 394 g/mol. The van der Waals surface area contributed by atoms with Crippen LogP contribution in [0.3, 0.4) is 0 Å². The third kappa shape index (κ3) is 4.48. The number of nitrogens with one attached hydrogen (secondary N) is 2. The molecule has 2 aromatic carbocycles. The van der Waals surface area contributed by atoms with Crippen LogP contribution in [0.4, 0.5) is 20.2 Å². The highest BCUT2D eigenvalue weighted by Crippen LogP contribution is 2.29. The van der Waals surface area contributed by atoms with Gasteiger partial charge in [0.05, 0.1) is 15.4 Å². The van der Waals surface area contributed by atoms with E-state index in [4.69, 9.17) is 0 Å². The van der Waals surface area contributed by atoms with Crippen LogP contribution >= 0.6 is 0 Å². The van der Waals surface area contributed by atoms with Crippen molar-refractivity contribution in [3.63, 3.8) is 0 Å². The lowest BCUT2D eigenvalue weighted by Gasteiger charge is -2.18. The smallest absolute Gasteiger partial charge is 0.279 e. The van der Waals surface area contributed by atoms with Crippen LogP contribution in [0, 0.1) is 38.8 Å². The van der Waals surface area contributed by atoms with Crippen molar-refractivity contribution < 1.29 is 28.2 Å². The predicted molar refractivity (Wildman–Crippen MR) is 95.1 cm³/mol. The molecule has 0 saturated carbocycles. The first kappa shape index (κ1) is 21.3. The van der Waals surface area contributed by atoms with Gasteiger partial charge in [0, 0.05) is 19.2 Å². The molecule has 1 atom stereocenters. The first-order chi connectivity index (χ1) is 13.6. The minimum Gasteiger partial charge on any atom is -0.357 e. The fraction of sp³-hybridized carbons (Fsp3) is 0.176. The van der Waals surface area contributed by atoms with Crippen LogP contribution in [0.2, 0.25) is 0 Å². The Morgan fingerprint density at radius 1 is 1.00 bits per heavy atom. The third-order valence-electron chi connectivity index (χ3n) is 4.07. The Morgan fingerprint density at radius 2 is 1.55 bits per heavy atom. The van der Waals surface area contributed by atoms with Crippen LogP contribution < -0.4 is 10.6 Å². The highest BCUT2D eigenvalue weighted by atomic mass is 19.2. The van der Waals surface area contributed by atoms with Crippen LogP contribution in [0.15, 0.2) is 30.3 Å². The van der Waals surface area contributed by atoms with E-state index >= 15 is 0 Å². The Balaban J connectivity index is 2.48. The number of carbonyl (C=O) groups is 2. The standard InChI is InChI=1S/C17H14F2N4O6/c1-8-13(22(26)27)6-10(7-14(8)23(28)29)16(24)21-15(17(25)20-2)9-3-4-11(18)12(19)5-9/h3-7,15H,1-2H3,(H,20,25)(H,21,24). The van der Waals surface area contributed by atoms with Crippen molar-refractivity contribution in [2.75, 3.05) is 7.05 Å². The summed E-state index contributed by atoms with van der Waals surface area (Å²) in [7, 11) is 1.24. The number of hydrogen-bond donors (Lipinski definition) is 2. The molecule has 29 heavy (non-hydrogen) atoms. The molecule has 2 N–H and O–H groups in total. The lowest BCUT2D eigenvalue weighted by molar-refractivity contribution is -0.395. The Bertz CT molecular complexity index is 992. The summed E-state index contributed by atoms with van der Waals surface area (Å²) in [4.78, 5) is 45.2. The second kappa shape index (κ2) is 8.37. The number of hydrogen-bond acceptors (Lipinski definition) is 6. The molecule has 0 heterocycles. The van der Waals surface area contributed by atoms with E-state index in [0.29, 0.717) is 6.07 Å². The predicted octanol–water partition coefficient (Wildman–Crippen LogP) is 2.31. The first-order valence-electron chi connectivity index (χ1n) is 7.97. The topological polar surface area (TPSA) is 144 Å². The Labute approximate surface area is 161 Å². The van der Waals surface area contributed by atoms with E-state index in [0.717, 1.165) is 31.2 Å². The van der Waals surface area contributed by atoms with Gasteiger partial charge >= 0.3 is 0 Å². The summed E-state index contributed by atoms with van der Waals surface area (Å²) < 4.78 is 26.7. The number of amides is 2. The van der Waals surface area contributed by atoms with Crippen molar-refractivity contribution in [2.45, 2.75) is 13.0 Å². The van der Waals surface area contributed by atoms with Gasteiger partial charge in [0.15, 0.2) is 11.6 Å². The molecule has 10 nitrogen and oxygen atoms in total. The van der Waals surface area contributed by atoms with Crippen LogP contribution in [-0.4, -0.2) is 28.7 Å². The van der Waals surface area contributed by atoms with Crippen molar-refractivity contribution in [3.05, 3.63) is 78.9 Å². The highest BCUT2D eigenvalue weighted by molar-refractivity contribution is 5.99. The highest BCUT2D eigenvalue weighted by Gasteiger charge is 2.28. The molecular formula is C17H14F2N4O6. The maximum Gasteiger partial charge on any atom is 0.279 e. The van der Waals surface area contributed by atoms with E-state index in [1.807, 2.05) is 0 Å². The molecule has 0 aliphatic carbocycles. The molecule has 0 spiro atoms. The van der Waals surface area contributed by atoms with Gasteiger partial charge in [0.1, 0.15) is 11.6 Å². The molecule has 0 aliphatic heterocycles. The van der Waals surface area contributed by atoms with Gasteiger partial charge in [-0.2, -0.15) is 0 Å². The average Bonchev–Trinajstić information content (AvgIpc) is 2.67. The zero-order valence-electron chi connectivity index (χ0n) is 15.1. The molecule has 2 aromatic rings. The molecule has 1 unspecified atom stereocenters. The molecule has 2 rings (SSSR count). The number of halogens is 2. The summed E-state index contributed by atoms with van der Waals surface area (Å²) in [6.07, 6.45) is 0. The molecule has 0 radical (unpaired) electrons. The lowest BCUT2D eigenvalue weighted by atomic mass is 10.0. The van der Waals surface area contributed by atoms with E-state index in [1.54, 1.807) is 0 Å². The molecule has 12 heteroatoms. The summed E-state index contributed by atoms with van der Waals surface area (Å²) in [5.41, 5.74) is -2.12. The van der Waals surface area contributed by atoms with Crippen molar-refractivity contribution in [1.82, 2.24) is 10.6 Å². The first-order valence-corrected chi connectivity index (χ1v) is 7.97. The monoisotopic (exact) mass is 408 g/mol. The fourth-order valence-electron chi connectivity index (χ4n) is 2.55. The molecule has 0 fully saturated rings. The van der Waals surface area contributed by atoms with Crippen molar-refractivity contribution in [2.24, 2.45) is 0 Å². The number of carbonyl (C=O) groups excluding carboxylic acids is 2. The number of likely N-dealkylation sites (N-methyl/N-ethyl adjacent to an activating group) is 1. The van der Waals surface area contributed by atoms with Gasteiger partial charge in [-0.15, -0.1) is 0 Å². The van der Waals surface area contributed by atoms with Crippen LogP contribution in [0.25, 0.3) is 0 Å². The summed E-state index contributed by atoms with van der Waals surface area (Å²) in [6, 6.07) is 2.69. The quantitative estimate of drug-likeness (QED) is 0.554. The summed E-state index contributed by atoms with van der Waals surface area (Å²) in [5, 5.41) is 26.7. The lowest BCUT2D eigenvalue weighted by Crippen LogP contribution is -2.39. The molecule has 0 bridgehead atoms. The summed E-state index contributed by atoms with van der Waals surface area (Å²) >= 11 is 0. The van der Waals surface area contributed by atoms with Crippen LogP contribution in [0.1, 0.15) is 27.5 Å². The number of benzene rings is 2. The van der Waals surface area contributed by atoms with E-state index in [1.165, 1.54) is 7.05 Å². The van der Waals surface area contributed by atoms with Gasteiger partial charge in [0.25, 0.3) is 17.3 Å². The van der Waals surface area contributed by atoms with Gasteiger partial charge < -0.3 is 10.6 Å². The van der Waals surface area contributed by atoms with E-state index in [2.05, 4.69) is 10.6 Å². The van der Waals surface area contributed by atoms with Gasteiger partial charge in [-0.3, -0.25) is 29.8 Å².